The lowest BCUT2D eigenvalue weighted by atomic mass is 10.3. The van der Waals surface area contributed by atoms with Crippen molar-refractivity contribution in [3.05, 3.63) is 0 Å². The minimum Gasteiger partial charge on any atom is -0.354 e. The maximum Gasteiger partial charge on any atom is 0.234 e. The Morgan fingerprint density at radius 1 is 1.55 bits per heavy atom. The molecule has 1 saturated carbocycles. The molecule has 0 aromatic rings. The zero-order chi connectivity index (χ0) is 7.68. The molecule has 2 rings (SSSR count). The van der Waals surface area contributed by atoms with Gasteiger partial charge in [0.25, 0.3) is 0 Å². The monoisotopic (exact) mass is 154 g/mol. The number of rotatable bonds is 2. The molecule has 1 aliphatic carbocycles. The number of amides is 1. The minimum absolute atomic E-state index is 0.192. The first-order valence-corrected chi connectivity index (χ1v) is 4.33. The summed E-state index contributed by atoms with van der Waals surface area (Å²) >= 11 is 0. The van der Waals surface area contributed by atoms with Crippen LogP contribution in [0.3, 0.4) is 0 Å². The highest BCUT2D eigenvalue weighted by molar-refractivity contribution is 5.78. The summed E-state index contributed by atoms with van der Waals surface area (Å²) in [5, 5.41) is 2.83. The van der Waals surface area contributed by atoms with E-state index in [-0.39, 0.29) is 5.91 Å². The molecule has 0 atom stereocenters. The zero-order valence-electron chi connectivity index (χ0n) is 6.68. The number of carbonyl (C=O) groups excluding carboxylic acids is 1. The van der Waals surface area contributed by atoms with Gasteiger partial charge in [-0.15, -0.1) is 0 Å². The number of nitrogens with zero attached hydrogens (tertiary/aromatic N) is 1. The topological polar surface area (TPSA) is 32.3 Å². The third kappa shape index (κ3) is 1.93. The van der Waals surface area contributed by atoms with Gasteiger partial charge in [0.15, 0.2) is 0 Å². The van der Waals surface area contributed by atoms with Gasteiger partial charge in [0.2, 0.25) is 5.91 Å². The van der Waals surface area contributed by atoms with Gasteiger partial charge in [0, 0.05) is 19.6 Å². The van der Waals surface area contributed by atoms with Gasteiger partial charge in [-0.3, -0.25) is 9.69 Å². The van der Waals surface area contributed by atoms with Crippen molar-refractivity contribution in [1.82, 2.24) is 10.2 Å². The van der Waals surface area contributed by atoms with Crippen molar-refractivity contribution in [2.75, 3.05) is 26.2 Å². The van der Waals surface area contributed by atoms with Gasteiger partial charge in [-0.1, -0.05) is 0 Å². The second kappa shape index (κ2) is 2.81. The second-order valence-electron chi connectivity index (χ2n) is 3.53. The summed E-state index contributed by atoms with van der Waals surface area (Å²) in [6, 6.07) is 0. The van der Waals surface area contributed by atoms with Crippen LogP contribution in [-0.2, 0) is 4.79 Å². The molecular formula is C8H14N2O. The lowest BCUT2D eigenvalue weighted by Gasteiger charge is -2.26. The van der Waals surface area contributed by atoms with Crippen molar-refractivity contribution >= 4 is 5.91 Å². The molecule has 0 bridgehead atoms. The van der Waals surface area contributed by atoms with Crippen molar-refractivity contribution < 1.29 is 4.79 Å². The third-order valence-electron chi connectivity index (χ3n) is 2.33. The van der Waals surface area contributed by atoms with Crippen LogP contribution in [0.15, 0.2) is 0 Å². The van der Waals surface area contributed by atoms with E-state index >= 15 is 0 Å². The predicted octanol–water partition coefficient (Wildman–Crippen LogP) is -0.172. The molecule has 2 fully saturated rings. The minimum atomic E-state index is 0.192. The number of carbonyl (C=O) groups is 1. The molecule has 11 heavy (non-hydrogen) atoms. The van der Waals surface area contributed by atoms with Gasteiger partial charge < -0.3 is 5.32 Å². The zero-order valence-corrected chi connectivity index (χ0v) is 6.68. The molecule has 0 aromatic carbocycles. The van der Waals surface area contributed by atoms with Crippen LogP contribution in [-0.4, -0.2) is 37.0 Å². The molecule has 1 heterocycles. The maximum atomic E-state index is 10.9. The van der Waals surface area contributed by atoms with Gasteiger partial charge in [-0.25, -0.2) is 0 Å². The molecule has 1 aliphatic heterocycles. The van der Waals surface area contributed by atoms with E-state index in [9.17, 15) is 4.79 Å². The van der Waals surface area contributed by atoms with Crippen LogP contribution in [0.4, 0.5) is 0 Å². The number of hydrogen-bond acceptors (Lipinski definition) is 2. The molecule has 1 saturated heterocycles. The fraction of sp³-hybridized carbons (Fsp3) is 0.875. The molecule has 1 amide bonds. The Morgan fingerprint density at radius 2 is 2.36 bits per heavy atom. The van der Waals surface area contributed by atoms with Gasteiger partial charge in [-0.2, -0.15) is 0 Å². The standard InChI is InChI=1S/C8H14N2O/c11-8-6-10(4-3-9-8)5-7-1-2-7/h7H,1-6H2,(H,9,11). The first-order valence-electron chi connectivity index (χ1n) is 4.33. The van der Waals surface area contributed by atoms with Crippen molar-refractivity contribution in [2.24, 2.45) is 5.92 Å². The number of piperazine rings is 1. The van der Waals surface area contributed by atoms with Gasteiger partial charge >= 0.3 is 0 Å². The summed E-state index contributed by atoms with van der Waals surface area (Å²) < 4.78 is 0. The summed E-state index contributed by atoms with van der Waals surface area (Å²) in [5.74, 6) is 1.10. The summed E-state index contributed by atoms with van der Waals surface area (Å²) in [6.07, 6.45) is 2.75. The van der Waals surface area contributed by atoms with Crippen LogP contribution < -0.4 is 5.32 Å². The maximum absolute atomic E-state index is 10.9. The van der Waals surface area contributed by atoms with Crippen LogP contribution in [0.1, 0.15) is 12.8 Å². The van der Waals surface area contributed by atoms with Crippen LogP contribution in [0.5, 0.6) is 0 Å². The Morgan fingerprint density at radius 3 is 3.00 bits per heavy atom. The fourth-order valence-corrected chi connectivity index (χ4v) is 1.51. The molecule has 0 spiro atoms. The van der Waals surface area contributed by atoms with E-state index in [1.807, 2.05) is 0 Å². The SMILES string of the molecule is O=C1CN(CC2CC2)CCN1. The van der Waals surface area contributed by atoms with Gasteiger partial charge in [-0.05, 0) is 18.8 Å². The van der Waals surface area contributed by atoms with E-state index in [1.54, 1.807) is 0 Å². The summed E-state index contributed by atoms with van der Waals surface area (Å²) in [7, 11) is 0. The largest absolute Gasteiger partial charge is 0.354 e. The molecule has 62 valence electrons. The predicted molar refractivity (Wildman–Crippen MR) is 42.2 cm³/mol. The Kier molecular flexibility index (Phi) is 1.82. The fourth-order valence-electron chi connectivity index (χ4n) is 1.51. The lowest BCUT2D eigenvalue weighted by molar-refractivity contribution is -0.124. The van der Waals surface area contributed by atoms with E-state index in [0.717, 1.165) is 25.6 Å². The molecule has 3 nitrogen and oxygen atoms in total. The van der Waals surface area contributed by atoms with E-state index in [4.69, 9.17) is 0 Å². The molecule has 2 aliphatic rings. The van der Waals surface area contributed by atoms with E-state index in [2.05, 4.69) is 10.2 Å². The Labute approximate surface area is 66.8 Å². The van der Waals surface area contributed by atoms with E-state index < -0.39 is 0 Å². The van der Waals surface area contributed by atoms with Crippen LogP contribution in [0.2, 0.25) is 0 Å². The average molecular weight is 154 g/mol. The van der Waals surface area contributed by atoms with Crippen LogP contribution >= 0.6 is 0 Å². The highest BCUT2D eigenvalue weighted by Gasteiger charge is 2.26. The molecule has 3 heteroatoms. The smallest absolute Gasteiger partial charge is 0.234 e. The first-order chi connectivity index (χ1) is 5.34. The Balaban J connectivity index is 1.77. The molecule has 1 N–H and O–H groups in total. The first kappa shape index (κ1) is 7.10. The van der Waals surface area contributed by atoms with E-state index in [0.29, 0.717) is 6.54 Å². The summed E-state index contributed by atoms with van der Waals surface area (Å²) in [4.78, 5) is 13.2. The quantitative estimate of drug-likeness (QED) is 0.599. The second-order valence-corrected chi connectivity index (χ2v) is 3.53. The van der Waals surface area contributed by atoms with Crippen LogP contribution in [0, 0.1) is 5.92 Å². The van der Waals surface area contributed by atoms with Gasteiger partial charge in [0.05, 0.1) is 6.54 Å². The third-order valence-corrected chi connectivity index (χ3v) is 2.33. The van der Waals surface area contributed by atoms with Crippen molar-refractivity contribution in [2.45, 2.75) is 12.8 Å². The highest BCUT2D eigenvalue weighted by atomic mass is 16.2. The number of nitrogens with one attached hydrogen (secondary N) is 1. The highest BCUT2D eigenvalue weighted by Crippen LogP contribution is 2.29. The molecular weight excluding hydrogens is 140 g/mol. The lowest BCUT2D eigenvalue weighted by Crippen LogP contribution is -2.48. The average Bonchev–Trinajstić information content (AvgIpc) is 2.71. The number of hydrogen-bond donors (Lipinski definition) is 1. The Hall–Kier alpha value is -0.570. The summed E-state index contributed by atoms with van der Waals surface area (Å²) in [5.41, 5.74) is 0. The normalized spacial score (nSPS) is 26.7. The molecule has 0 aromatic heterocycles. The van der Waals surface area contributed by atoms with Crippen LogP contribution in [0.25, 0.3) is 0 Å². The summed E-state index contributed by atoms with van der Waals surface area (Å²) in [6.45, 7) is 3.65. The molecule has 0 unspecified atom stereocenters. The van der Waals surface area contributed by atoms with Crippen molar-refractivity contribution in [1.29, 1.82) is 0 Å². The van der Waals surface area contributed by atoms with Gasteiger partial charge in [0.1, 0.15) is 0 Å². The van der Waals surface area contributed by atoms with E-state index in [1.165, 1.54) is 12.8 Å². The Bertz CT molecular complexity index is 165. The van der Waals surface area contributed by atoms with Crippen molar-refractivity contribution in [3.63, 3.8) is 0 Å². The van der Waals surface area contributed by atoms with Crippen molar-refractivity contribution in [3.8, 4) is 0 Å². The molecule has 0 radical (unpaired) electrons.